The van der Waals surface area contributed by atoms with E-state index in [2.05, 4.69) is 0 Å². The third kappa shape index (κ3) is 5.20. The molecule has 0 atom stereocenters. The molecule has 0 radical (unpaired) electrons. The summed E-state index contributed by atoms with van der Waals surface area (Å²) in [7, 11) is -2.55. The van der Waals surface area contributed by atoms with E-state index < -0.39 is 33.5 Å². The molecule has 166 valence electrons. The Kier molecular flexibility index (Phi) is 6.93. The van der Waals surface area contributed by atoms with Gasteiger partial charge in [-0.15, -0.1) is 0 Å². The summed E-state index contributed by atoms with van der Waals surface area (Å²) in [5.41, 5.74) is 0.0208. The van der Waals surface area contributed by atoms with E-state index in [1.165, 1.54) is 47.2 Å². The maximum absolute atomic E-state index is 13.4. The van der Waals surface area contributed by atoms with E-state index in [-0.39, 0.29) is 43.2 Å². The highest BCUT2D eigenvalue weighted by Crippen LogP contribution is 2.18. The van der Waals surface area contributed by atoms with Crippen LogP contribution in [0.25, 0.3) is 0 Å². The van der Waals surface area contributed by atoms with E-state index in [0.29, 0.717) is 5.02 Å². The van der Waals surface area contributed by atoms with Gasteiger partial charge >= 0.3 is 0 Å². The minimum absolute atomic E-state index is 0.0208. The van der Waals surface area contributed by atoms with Crippen molar-refractivity contribution in [2.45, 2.75) is 4.90 Å². The van der Waals surface area contributed by atoms with Crippen molar-refractivity contribution in [2.24, 2.45) is 0 Å². The van der Waals surface area contributed by atoms with E-state index in [4.69, 9.17) is 11.6 Å². The summed E-state index contributed by atoms with van der Waals surface area (Å²) in [5.74, 6) is -3.01. The first kappa shape index (κ1) is 23.1. The van der Waals surface area contributed by atoms with E-state index in [9.17, 15) is 26.8 Å². The zero-order valence-electron chi connectivity index (χ0n) is 16.6. The van der Waals surface area contributed by atoms with Crippen molar-refractivity contribution in [3.63, 3.8) is 0 Å². The molecule has 3 rings (SSSR count). The van der Waals surface area contributed by atoms with Crippen molar-refractivity contribution < 1.29 is 26.8 Å². The zero-order valence-corrected chi connectivity index (χ0v) is 18.2. The summed E-state index contributed by atoms with van der Waals surface area (Å²) in [6.07, 6.45) is 0. The van der Waals surface area contributed by atoms with Crippen LogP contribution in [0.5, 0.6) is 0 Å². The van der Waals surface area contributed by atoms with Crippen LogP contribution in [0.4, 0.5) is 8.78 Å². The van der Waals surface area contributed by atoms with E-state index >= 15 is 0 Å². The van der Waals surface area contributed by atoms with Gasteiger partial charge in [0.25, 0.3) is 5.91 Å². The third-order valence-electron chi connectivity index (χ3n) is 4.97. The van der Waals surface area contributed by atoms with Gasteiger partial charge in [-0.25, -0.2) is 17.2 Å². The summed E-state index contributed by atoms with van der Waals surface area (Å²) in [6.45, 7) is 0.419. The fourth-order valence-corrected chi connectivity index (χ4v) is 4.38. The van der Waals surface area contributed by atoms with Gasteiger partial charge in [0.15, 0.2) is 11.6 Å². The fraction of sp³-hybridized carbons (Fsp3) is 0.300. The molecule has 0 spiro atoms. The van der Waals surface area contributed by atoms with Crippen LogP contribution in [-0.4, -0.2) is 74.1 Å². The molecule has 0 aromatic heterocycles. The maximum atomic E-state index is 13.4. The molecule has 0 N–H and O–H groups in total. The lowest BCUT2D eigenvalue weighted by Crippen LogP contribution is -2.52. The highest BCUT2D eigenvalue weighted by Gasteiger charge is 2.29. The Hall–Kier alpha value is -2.56. The predicted molar refractivity (Wildman–Crippen MR) is 110 cm³/mol. The molecule has 0 bridgehead atoms. The number of amides is 2. The van der Waals surface area contributed by atoms with E-state index in [1.807, 2.05) is 0 Å². The largest absolute Gasteiger partial charge is 0.338 e. The van der Waals surface area contributed by atoms with Gasteiger partial charge in [-0.1, -0.05) is 11.6 Å². The minimum atomic E-state index is -3.86. The van der Waals surface area contributed by atoms with Gasteiger partial charge < -0.3 is 9.80 Å². The molecular formula is C20H20ClF2N3O4S. The quantitative estimate of drug-likeness (QED) is 0.670. The van der Waals surface area contributed by atoms with Crippen LogP contribution in [0.2, 0.25) is 5.02 Å². The number of rotatable bonds is 5. The minimum Gasteiger partial charge on any atom is -0.338 e. The van der Waals surface area contributed by atoms with Crippen molar-refractivity contribution in [1.29, 1.82) is 0 Å². The monoisotopic (exact) mass is 471 g/mol. The van der Waals surface area contributed by atoms with Crippen LogP contribution >= 0.6 is 11.6 Å². The van der Waals surface area contributed by atoms with Gasteiger partial charge in [0.2, 0.25) is 15.9 Å². The lowest BCUT2D eigenvalue weighted by Gasteiger charge is -2.35. The third-order valence-corrected chi connectivity index (χ3v) is 7.04. The molecule has 0 unspecified atom stereocenters. The van der Waals surface area contributed by atoms with Crippen molar-refractivity contribution >= 4 is 33.4 Å². The number of halogens is 3. The molecule has 1 fully saturated rings. The summed E-state index contributed by atoms with van der Waals surface area (Å²) in [5, 5.41) is 0.397. The molecule has 2 aromatic carbocycles. The molecule has 1 aliphatic heterocycles. The number of likely N-dealkylation sites (N-methyl/N-ethyl adjacent to an activating group) is 1. The van der Waals surface area contributed by atoms with Crippen molar-refractivity contribution in [3.05, 3.63) is 64.7 Å². The lowest BCUT2D eigenvalue weighted by atomic mass is 10.1. The van der Waals surface area contributed by atoms with Gasteiger partial charge in [-0.2, -0.15) is 4.31 Å². The van der Waals surface area contributed by atoms with Gasteiger partial charge in [0, 0.05) is 43.8 Å². The predicted octanol–water partition coefficient (Wildman–Crippen LogP) is 2.22. The molecule has 1 heterocycles. The molecule has 0 saturated carbocycles. The second-order valence-electron chi connectivity index (χ2n) is 7.02. The molecule has 2 aromatic rings. The zero-order chi connectivity index (χ0) is 22.8. The molecule has 1 saturated heterocycles. The van der Waals surface area contributed by atoms with Crippen molar-refractivity contribution in [2.75, 3.05) is 39.8 Å². The Morgan fingerprint density at radius 2 is 1.55 bits per heavy atom. The highest BCUT2D eigenvalue weighted by atomic mass is 35.5. The number of hydrogen-bond acceptors (Lipinski definition) is 4. The number of hydrogen-bond donors (Lipinski definition) is 0. The average Bonchev–Trinajstić information content (AvgIpc) is 2.75. The molecule has 7 nitrogen and oxygen atoms in total. The number of carbonyl (C=O) groups excluding carboxylic acids is 2. The smallest absolute Gasteiger partial charge is 0.254 e. The molecule has 2 amide bonds. The Morgan fingerprint density at radius 3 is 2.13 bits per heavy atom. The van der Waals surface area contributed by atoms with Gasteiger partial charge in [-0.05, 0) is 42.5 Å². The van der Waals surface area contributed by atoms with E-state index in [1.54, 1.807) is 0 Å². The highest BCUT2D eigenvalue weighted by molar-refractivity contribution is 7.89. The summed E-state index contributed by atoms with van der Waals surface area (Å²) in [6, 6.07) is 8.56. The van der Waals surface area contributed by atoms with Gasteiger partial charge in [0.05, 0.1) is 11.4 Å². The number of nitrogens with zero attached hydrogens (tertiary/aromatic N) is 3. The number of carbonyl (C=O) groups is 2. The molecule has 0 aliphatic carbocycles. The van der Waals surface area contributed by atoms with Crippen molar-refractivity contribution in [1.82, 2.24) is 14.1 Å². The maximum Gasteiger partial charge on any atom is 0.254 e. The standard InChI is InChI=1S/C20H20ClF2N3O4S/c1-24(31(29,30)16-5-3-15(21)4-6-16)13-19(27)25-8-10-26(11-9-25)20(28)14-2-7-17(22)18(23)12-14/h2-7,12H,8-11,13H2,1H3. The lowest BCUT2D eigenvalue weighted by molar-refractivity contribution is -0.132. The van der Waals surface area contributed by atoms with Crippen LogP contribution in [0.3, 0.4) is 0 Å². The Bertz CT molecular complexity index is 1090. The van der Waals surface area contributed by atoms with Crippen molar-refractivity contribution in [3.8, 4) is 0 Å². The second kappa shape index (κ2) is 9.29. The van der Waals surface area contributed by atoms with Gasteiger partial charge in [0.1, 0.15) is 0 Å². The fourth-order valence-electron chi connectivity index (χ4n) is 3.13. The van der Waals surface area contributed by atoms with Gasteiger partial charge in [-0.3, -0.25) is 9.59 Å². The van der Waals surface area contributed by atoms with Crippen LogP contribution in [0, 0.1) is 11.6 Å². The molecular weight excluding hydrogens is 452 g/mol. The van der Waals surface area contributed by atoms with Crippen LogP contribution in [0.15, 0.2) is 47.4 Å². The summed E-state index contributed by atoms with van der Waals surface area (Å²) >= 11 is 5.78. The normalized spacial score (nSPS) is 14.7. The van der Waals surface area contributed by atoms with Crippen LogP contribution in [0.1, 0.15) is 10.4 Å². The van der Waals surface area contributed by atoms with Crippen LogP contribution in [-0.2, 0) is 14.8 Å². The molecule has 1 aliphatic rings. The Labute approximate surface area is 183 Å². The molecule has 11 heteroatoms. The topological polar surface area (TPSA) is 78.0 Å². The Morgan fingerprint density at radius 1 is 0.968 bits per heavy atom. The SMILES string of the molecule is CN(CC(=O)N1CCN(C(=O)c2ccc(F)c(F)c2)CC1)S(=O)(=O)c1ccc(Cl)cc1. The molecule has 31 heavy (non-hydrogen) atoms. The Balaban J connectivity index is 1.57. The first-order valence-corrected chi connectivity index (χ1v) is 11.2. The second-order valence-corrected chi connectivity index (χ2v) is 9.50. The summed E-state index contributed by atoms with van der Waals surface area (Å²) < 4.78 is 52.6. The first-order chi connectivity index (χ1) is 14.6. The van der Waals surface area contributed by atoms with Crippen LogP contribution < -0.4 is 0 Å². The number of sulfonamides is 1. The summed E-state index contributed by atoms with van der Waals surface area (Å²) in [4.78, 5) is 28.0. The number of piperazine rings is 1. The first-order valence-electron chi connectivity index (χ1n) is 9.33. The number of benzene rings is 2. The average molecular weight is 472 g/mol. The van der Waals surface area contributed by atoms with E-state index in [0.717, 1.165) is 16.4 Å².